The first-order valence-corrected chi connectivity index (χ1v) is 21.4. The Kier molecular flexibility index (Phi) is 9.05. The van der Waals surface area contributed by atoms with Crippen molar-refractivity contribution in [3.8, 4) is 79.5 Å². The van der Waals surface area contributed by atoms with Gasteiger partial charge in [-0.15, -0.1) is 0 Å². The van der Waals surface area contributed by atoms with E-state index in [0.717, 1.165) is 44.5 Å². The first kappa shape index (κ1) is 37.1. The molecule has 64 heavy (non-hydrogen) atoms. The molecule has 6 nitrogen and oxygen atoms in total. The highest BCUT2D eigenvalue weighted by atomic mass is 15.1. The van der Waals surface area contributed by atoms with Crippen LogP contribution >= 0.6 is 0 Å². The summed E-state index contributed by atoms with van der Waals surface area (Å²) in [5.74, 6) is 2.78. The molecule has 2 aromatic heterocycles. The van der Waals surface area contributed by atoms with Gasteiger partial charge in [-0.3, -0.25) is 0 Å². The fourth-order valence-corrected chi connectivity index (χ4v) is 8.88. The van der Waals surface area contributed by atoms with E-state index in [4.69, 9.17) is 29.9 Å². The standard InChI is InChI=1S/C58H36N6/c1-4-18-37(19-5-1)53-59-54(38-20-6-2-7-21-38)62-57(61-53)58-63-55(39-22-8-3-9-23-39)60-56(64-58)44-33-42(51-35-40-24-10-12-26-45(40)47-28-14-16-30-49(47)51)32-43(34-44)52-36-41-25-11-13-27-46(41)48-29-15-17-31-50(48)52/h1-36H. The summed E-state index contributed by atoms with van der Waals surface area (Å²) in [5.41, 5.74) is 7.76. The third-order valence-electron chi connectivity index (χ3n) is 11.9. The van der Waals surface area contributed by atoms with Gasteiger partial charge in [0.15, 0.2) is 23.3 Å². The molecule has 0 atom stereocenters. The SMILES string of the molecule is c1ccc(-c2nc(-c3ccccc3)nc(-c3nc(-c4ccccc4)nc(-c4cc(-c5cc6ccccc6c6ccccc56)cc(-c5cc6ccccc6c6ccccc56)c4)n3)n2)cc1. The Hall–Kier alpha value is -8.74. The molecule has 10 aromatic carbocycles. The van der Waals surface area contributed by atoms with Gasteiger partial charge in [-0.05, 0) is 95.7 Å². The molecule has 0 fully saturated rings. The maximum absolute atomic E-state index is 5.29. The lowest BCUT2D eigenvalue weighted by atomic mass is 9.88. The van der Waals surface area contributed by atoms with Gasteiger partial charge in [0.1, 0.15) is 0 Å². The highest BCUT2D eigenvalue weighted by molar-refractivity contribution is 6.16. The minimum Gasteiger partial charge on any atom is -0.208 e. The molecule has 6 heteroatoms. The first-order valence-electron chi connectivity index (χ1n) is 21.4. The average Bonchev–Trinajstić information content (AvgIpc) is 3.38. The fourth-order valence-electron chi connectivity index (χ4n) is 8.88. The summed E-state index contributed by atoms with van der Waals surface area (Å²) in [6, 6.07) is 75.9. The largest absolute Gasteiger partial charge is 0.208 e. The molecule has 0 amide bonds. The monoisotopic (exact) mass is 816 g/mol. The lowest BCUT2D eigenvalue weighted by Crippen LogP contribution is -2.05. The van der Waals surface area contributed by atoms with Crippen LogP contribution in [0.2, 0.25) is 0 Å². The third kappa shape index (κ3) is 6.71. The number of hydrogen-bond acceptors (Lipinski definition) is 6. The van der Waals surface area contributed by atoms with Crippen LogP contribution in [0, 0.1) is 0 Å². The second-order valence-electron chi connectivity index (χ2n) is 15.9. The van der Waals surface area contributed by atoms with Crippen molar-refractivity contribution >= 4 is 43.1 Å². The molecular weight excluding hydrogens is 781 g/mol. The summed E-state index contributed by atoms with van der Waals surface area (Å²) in [7, 11) is 0. The Morgan fingerprint density at radius 3 is 0.859 bits per heavy atom. The zero-order valence-corrected chi connectivity index (χ0v) is 34.5. The average molecular weight is 817 g/mol. The fraction of sp³-hybridized carbons (Fsp3) is 0. The molecule has 0 aliphatic carbocycles. The molecular formula is C58H36N6. The van der Waals surface area contributed by atoms with E-state index in [9.17, 15) is 0 Å². The van der Waals surface area contributed by atoms with Gasteiger partial charge in [0.05, 0.1) is 0 Å². The van der Waals surface area contributed by atoms with Gasteiger partial charge in [-0.25, -0.2) is 29.9 Å². The van der Waals surface area contributed by atoms with E-state index in [-0.39, 0.29) is 0 Å². The Labute approximate surface area is 369 Å². The topological polar surface area (TPSA) is 77.3 Å². The van der Waals surface area contributed by atoms with Crippen LogP contribution in [0.3, 0.4) is 0 Å². The minimum absolute atomic E-state index is 0.347. The summed E-state index contributed by atoms with van der Waals surface area (Å²) in [6.07, 6.45) is 0. The lowest BCUT2D eigenvalue weighted by Gasteiger charge is -2.16. The van der Waals surface area contributed by atoms with Gasteiger partial charge in [0.25, 0.3) is 0 Å². The van der Waals surface area contributed by atoms with Gasteiger partial charge >= 0.3 is 0 Å². The van der Waals surface area contributed by atoms with Crippen molar-refractivity contribution in [2.45, 2.75) is 0 Å². The Bertz CT molecular complexity index is 3530. The minimum atomic E-state index is 0.347. The van der Waals surface area contributed by atoms with Crippen molar-refractivity contribution in [3.63, 3.8) is 0 Å². The molecule has 0 aliphatic heterocycles. The normalized spacial score (nSPS) is 11.4. The molecule has 0 unspecified atom stereocenters. The predicted molar refractivity (Wildman–Crippen MR) is 261 cm³/mol. The summed E-state index contributed by atoms with van der Waals surface area (Å²) in [4.78, 5) is 30.7. The van der Waals surface area contributed by atoms with E-state index in [1.54, 1.807) is 0 Å². The van der Waals surface area contributed by atoms with Crippen LogP contribution in [-0.2, 0) is 0 Å². The maximum Gasteiger partial charge on any atom is 0.202 e. The molecule has 0 N–H and O–H groups in total. The molecule has 0 spiro atoms. The van der Waals surface area contributed by atoms with Gasteiger partial charge in [-0.1, -0.05) is 188 Å². The second kappa shape index (κ2) is 15.6. The van der Waals surface area contributed by atoms with Gasteiger partial charge in [0, 0.05) is 22.3 Å². The molecule has 12 aromatic rings. The van der Waals surface area contributed by atoms with Crippen molar-refractivity contribution in [2.24, 2.45) is 0 Å². The van der Waals surface area contributed by atoms with Crippen LogP contribution in [0.15, 0.2) is 218 Å². The number of rotatable bonds is 7. The van der Waals surface area contributed by atoms with Gasteiger partial charge < -0.3 is 0 Å². The first-order chi connectivity index (χ1) is 31.7. The third-order valence-corrected chi connectivity index (χ3v) is 11.9. The molecule has 12 rings (SSSR count). The van der Waals surface area contributed by atoms with Crippen LogP contribution in [0.1, 0.15) is 0 Å². The van der Waals surface area contributed by atoms with E-state index >= 15 is 0 Å². The molecule has 0 aliphatic rings. The van der Waals surface area contributed by atoms with E-state index in [1.165, 1.54) is 43.1 Å². The van der Waals surface area contributed by atoms with Crippen molar-refractivity contribution in [1.29, 1.82) is 0 Å². The Balaban J connectivity index is 1.15. The highest BCUT2D eigenvalue weighted by Crippen LogP contribution is 2.42. The number of benzene rings is 10. The smallest absolute Gasteiger partial charge is 0.202 e. The molecule has 0 bridgehead atoms. The summed E-state index contributed by atoms with van der Waals surface area (Å²) >= 11 is 0. The van der Waals surface area contributed by atoms with E-state index < -0.39 is 0 Å². The molecule has 2 heterocycles. The van der Waals surface area contributed by atoms with E-state index in [2.05, 4.69) is 127 Å². The highest BCUT2D eigenvalue weighted by Gasteiger charge is 2.20. The summed E-state index contributed by atoms with van der Waals surface area (Å²) in [6.45, 7) is 0. The molecule has 0 radical (unpaired) electrons. The van der Waals surface area contributed by atoms with E-state index in [0.29, 0.717) is 34.9 Å². The van der Waals surface area contributed by atoms with Crippen LogP contribution in [-0.4, -0.2) is 29.9 Å². The maximum atomic E-state index is 5.29. The molecule has 0 saturated carbocycles. The summed E-state index contributed by atoms with van der Waals surface area (Å²) < 4.78 is 0. The van der Waals surface area contributed by atoms with Gasteiger partial charge in [-0.2, -0.15) is 0 Å². The molecule has 298 valence electrons. The van der Waals surface area contributed by atoms with Crippen molar-refractivity contribution in [3.05, 3.63) is 218 Å². The second-order valence-corrected chi connectivity index (χ2v) is 15.9. The quantitative estimate of drug-likeness (QED) is 0.149. The number of fused-ring (bicyclic) bond motifs is 6. The van der Waals surface area contributed by atoms with Crippen molar-refractivity contribution in [1.82, 2.24) is 29.9 Å². The Morgan fingerprint density at radius 1 is 0.188 bits per heavy atom. The van der Waals surface area contributed by atoms with Crippen LogP contribution in [0.25, 0.3) is 123 Å². The van der Waals surface area contributed by atoms with Crippen LogP contribution in [0.5, 0.6) is 0 Å². The molecule has 0 saturated heterocycles. The number of aromatic nitrogens is 6. The lowest BCUT2D eigenvalue weighted by molar-refractivity contribution is 1.00. The number of nitrogens with zero attached hydrogens (tertiary/aromatic N) is 6. The van der Waals surface area contributed by atoms with Gasteiger partial charge in [0.2, 0.25) is 11.6 Å². The van der Waals surface area contributed by atoms with Crippen molar-refractivity contribution in [2.75, 3.05) is 0 Å². The van der Waals surface area contributed by atoms with Crippen molar-refractivity contribution < 1.29 is 0 Å². The summed E-state index contributed by atoms with van der Waals surface area (Å²) in [5, 5.41) is 9.52. The van der Waals surface area contributed by atoms with Crippen LogP contribution in [0.4, 0.5) is 0 Å². The zero-order chi connectivity index (χ0) is 42.4. The van der Waals surface area contributed by atoms with Crippen LogP contribution < -0.4 is 0 Å². The number of hydrogen-bond donors (Lipinski definition) is 0. The Morgan fingerprint density at radius 2 is 0.469 bits per heavy atom. The zero-order valence-electron chi connectivity index (χ0n) is 34.5. The predicted octanol–water partition coefficient (Wildman–Crippen LogP) is 14.3. The van der Waals surface area contributed by atoms with E-state index in [1.807, 2.05) is 91.0 Å².